The summed E-state index contributed by atoms with van der Waals surface area (Å²) >= 11 is 0. The van der Waals surface area contributed by atoms with E-state index in [1.807, 2.05) is 0 Å². The predicted molar refractivity (Wildman–Crippen MR) is 113 cm³/mol. The van der Waals surface area contributed by atoms with Crippen LogP contribution in [0.1, 0.15) is 30.8 Å². The number of furan rings is 1. The van der Waals surface area contributed by atoms with E-state index in [4.69, 9.17) is 4.42 Å². The van der Waals surface area contributed by atoms with Gasteiger partial charge < -0.3 is 14.6 Å². The second-order valence-corrected chi connectivity index (χ2v) is 7.19. The van der Waals surface area contributed by atoms with Crippen LogP contribution in [-0.4, -0.2) is 46.0 Å². The third-order valence-electron chi connectivity index (χ3n) is 5.01. The SMILES string of the molecule is O=[N+]([O-])c1ccc(C=Cc2nc(NCCCN3CCCC3)c3ccc(F)cc3n2)o1. The third-order valence-corrected chi connectivity index (χ3v) is 5.01. The number of fused-ring (bicyclic) bond motifs is 1. The first kappa shape index (κ1) is 20.0. The quantitative estimate of drug-likeness (QED) is 0.334. The summed E-state index contributed by atoms with van der Waals surface area (Å²) in [5, 5.41) is 14.8. The fourth-order valence-corrected chi connectivity index (χ4v) is 3.53. The second-order valence-electron chi connectivity index (χ2n) is 7.19. The Morgan fingerprint density at radius 1 is 1.20 bits per heavy atom. The lowest BCUT2D eigenvalue weighted by Gasteiger charge is -2.15. The van der Waals surface area contributed by atoms with Crippen LogP contribution in [0, 0.1) is 15.9 Å². The molecule has 30 heavy (non-hydrogen) atoms. The molecule has 0 aliphatic carbocycles. The van der Waals surface area contributed by atoms with Gasteiger partial charge >= 0.3 is 5.88 Å². The lowest BCUT2D eigenvalue weighted by molar-refractivity contribution is -0.402. The largest absolute Gasteiger partial charge is 0.433 e. The highest BCUT2D eigenvalue weighted by Crippen LogP contribution is 2.23. The summed E-state index contributed by atoms with van der Waals surface area (Å²) in [6.07, 6.45) is 6.65. The van der Waals surface area contributed by atoms with Gasteiger partial charge in [-0.15, -0.1) is 0 Å². The van der Waals surface area contributed by atoms with Gasteiger partial charge in [0.1, 0.15) is 22.3 Å². The van der Waals surface area contributed by atoms with Crippen molar-refractivity contribution in [1.29, 1.82) is 0 Å². The monoisotopic (exact) mass is 411 g/mol. The zero-order valence-corrected chi connectivity index (χ0v) is 16.4. The summed E-state index contributed by atoms with van der Waals surface area (Å²) in [6, 6.07) is 7.19. The Hall–Kier alpha value is -3.33. The molecular formula is C21H22FN5O3. The minimum Gasteiger partial charge on any atom is -0.401 e. The molecule has 156 valence electrons. The van der Waals surface area contributed by atoms with Crippen molar-refractivity contribution in [1.82, 2.24) is 14.9 Å². The van der Waals surface area contributed by atoms with Crippen molar-refractivity contribution in [2.75, 3.05) is 31.5 Å². The van der Waals surface area contributed by atoms with Gasteiger partial charge in [-0.2, -0.15) is 0 Å². The summed E-state index contributed by atoms with van der Waals surface area (Å²) < 4.78 is 18.8. The maximum Gasteiger partial charge on any atom is 0.433 e. The van der Waals surface area contributed by atoms with Gasteiger partial charge in [-0.25, -0.2) is 14.4 Å². The first-order chi connectivity index (χ1) is 14.6. The number of aromatic nitrogens is 2. The summed E-state index contributed by atoms with van der Waals surface area (Å²) in [5.41, 5.74) is 0.483. The van der Waals surface area contributed by atoms with E-state index in [-0.39, 0.29) is 11.7 Å². The smallest absolute Gasteiger partial charge is 0.401 e. The van der Waals surface area contributed by atoms with Gasteiger partial charge in [-0.3, -0.25) is 10.1 Å². The number of hydrogen-bond donors (Lipinski definition) is 1. The molecule has 0 bridgehead atoms. The molecule has 1 saturated heterocycles. The minimum absolute atomic E-state index is 0.310. The highest BCUT2D eigenvalue weighted by molar-refractivity contribution is 5.90. The zero-order chi connectivity index (χ0) is 20.9. The number of anilines is 1. The maximum absolute atomic E-state index is 13.7. The third kappa shape index (κ3) is 4.80. The Balaban J connectivity index is 1.52. The van der Waals surface area contributed by atoms with Crippen molar-refractivity contribution >= 4 is 34.8 Å². The standard InChI is InChI=1S/C21H22FN5O3/c22-15-4-7-17-18(14-15)24-19(8-5-16-6-9-20(30-16)27(28)29)25-21(17)23-10-3-13-26-11-1-2-12-26/h4-9,14H,1-3,10-13H2,(H,23,24,25). The first-order valence-corrected chi connectivity index (χ1v) is 9.94. The number of benzene rings is 1. The fourth-order valence-electron chi connectivity index (χ4n) is 3.53. The van der Waals surface area contributed by atoms with E-state index in [0.717, 1.165) is 38.0 Å². The van der Waals surface area contributed by atoms with E-state index in [0.29, 0.717) is 22.9 Å². The minimum atomic E-state index is -0.600. The number of nitro groups is 1. The molecule has 1 aliphatic rings. The summed E-state index contributed by atoms with van der Waals surface area (Å²) in [5.74, 6) is 0.583. The number of nitrogens with zero attached hydrogens (tertiary/aromatic N) is 4. The van der Waals surface area contributed by atoms with Crippen molar-refractivity contribution < 1.29 is 13.7 Å². The fraction of sp³-hybridized carbons (Fsp3) is 0.333. The molecule has 3 heterocycles. The Morgan fingerprint density at radius 3 is 2.80 bits per heavy atom. The zero-order valence-electron chi connectivity index (χ0n) is 16.4. The van der Waals surface area contributed by atoms with Crippen LogP contribution in [0.3, 0.4) is 0 Å². The van der Waals surface area contributed by atoms with Crippen molar-refractivity contribution in [3.05, 3.63) is 57.8 Å². The van der Waals surface area contributed by atoms with E-state index in [9.17, 15) is 14.5 Å². The van der Waals surface area contributed by atoms with Gasteiger partial charge in [-0.05, 0) is 69.2 Å². The Morgan fingerprint density at radius 2 is 2.03 bits per heavy atom. The molecule has 0 atom stereocenters. The molecule has 0 unspecified atom stereocenters. The molecule has 1 fully saturated rings. The molecule has 0 saturated carbocycles. The molecule has 3 aromatic rings. The van der Waals surface area contributed by atoms with Crippen molar-refractivity contribution in [3.8, 4) is 0 Å². The lowest BCUT2D eigenvalue weighted by atomic mass is 10.2. The molecule has 0 amide bonds. The van der Waals surface area contributed by atoms with Crippen LogP contribution in [-0.2, 0) is 0 Å². The molecule has 2 aromatic heterocycles. The number of likely N-dealkylation sites (tertiary alicyclic amines) is 1. The van der Waals surface area contributed by atoms with Crippen molar-refractivity contribution in [2.24, 2.45) is 0 Å². The molecule has 1 N–H and O–H groups in total. The molecular weight excluding hydrogens is 389 g/mol. The van der Waals surface area contributed by atoms with Gasteiger partial charge in [-0.1, -0.05) is 0 Å². The predicted octanol–water partition coefficient (Wildman–Crippen LogP) is 4.34. The summed E-state index contributed by atoms with van der Waals surface area (Å²) in [4.78, 5) is 21.5. The van der Waals surface area contributed by atoms with E-state index in [1.54, 1.807) is 18.2 Å². The van der Waals surface area contributed by atoms with Gasteiger partial charge in [0, 0.05) is 18.0 Å². The second kappa shape index (κ2) is 9.00. The number of rotatable bonds is 8. The van der Waals surface area contributed by atoms with Gasteiger partial charge in [0.25, 0.3) is 0 Å². The lowest BCUT2D eigenvalue weighted by Crippen LogP contribution is -2.22. The van der Waals surface area contributed by atoms with Gasteiger partial charge in [0.05, 0.1) is 11.6 Å². The summed E-state index contributed by atoms with van der Waals surface area (Å²) in [7, 11) is 0. The van der Waals surface area contributed by atoms with Crippen LogP contribution in [0.4, 0.5) is 16.1 Å². The number of halogens is 1. The Kier molecular flexibility index (Phi) is 5.99. The number of nitrogens with one attached hydrogen (secondary N) is 1. The van der Waals surface area contributed by atoms with E-state index in [2.05, 4.69) is 20.2 Å². The molecule has 1 aliphatic heterocycles. The highest BCUT2D eigenvalue weighted by atomic mass is 19.1. The van der Waals surface area contributed by atoms with Crippen LogP contribution < -0.4 is 5.32 Å². The number of hydrogen-bond acceptors (Lipinski definition) is 7. The van der Waals surface area contributed by atoms with Gasteiger partial charge in [0.15, 0.2) is 5.82 Å². The van der Waals surface area contributed by atoms with Gasteiger partial charge in [0.2, 0.25) is 0 Å². The van der Waals surface area contributed by atoms with Crippen LogP contribution in [0.2, 0.25) is 0 Å². The molecule has 9 heteroatoms. The van der Waals surface area contributed by atoms with Crippen molar-refractivity contribution in [3.63, 3.8) is 0 Å². The molecule has 4 rings (SSSR count). The molecule has 8 nitrogen and oxygen atoms in total. The molecule has 0 spiro atoms. The van der Waals surface area contributed by atoms with Crippen LogP contribution in [0.25, 0.3) is 23.1 Å². The first-order valence-electron chi connectivity index (χ1n) is 9.94. The Bertz CT molecular complexity index is 1080. The van der Waals surface area contributed by atoms with E-state index < -0.39 is 4.92 Å². The van der Waals surface area contributed by atoms with Crippen molar-refractivity contribution in [2.45, 2.75) is 19.3 Å². The average Bonchev–Trinajstić information content (AvgIpc) is 3.41. The highest BCUT2D eigenvalue weighted by Gasteiger charge is 2.12. The van der Waals surface area contributed by atoms with Crippen LogP contribution in [0.15, 0.2) is 34.7 Å². The molecule has 0 radical (unpaired) electrons. The molecule has 1 aromatic carbocycles. The Labute approximate surface area is 172 Å². The summed E-state index contributed by atoms with van der Waals surface area (Å²) in [6.45, 7) is 4.10. The average molecular weight is 411 g/mol. The van der Waals surface area contributed by atoms with E-state index >= 15 is 0 Å². The topological polar surface area (TPSA) is 97.3 Å². The van der Waals surface area contributed by atoms with Crippen LogP contribution in [0.5, 0.6) is 0 Å². The normalized spacial score (nSPS) is 14.7. The van der Waals surface area contributed by atoms with Crippen LogP contribution >= 0.6 is 0 Å². The maximum atomic E-state index is 13.7. The van der Waals surface area contributed by atoms with E-state index in [1.165, 1.54) is 37.1 Å².